The van der Waals surface area contributed by atoms with Crippen molar-refractivity contribution in [3.8, 4) is 0 Å². The second-order valence-corrected chi connectivity index (χ2v) is 8.80. The number of thioether (sulfide) groups is 1. The average Bonchev–Trinajstić information content (AvgIpc) is 3.13. The first-order valence-corrected chi connectivity index (χ1v) is 11.8. The van der Waals surface area contributed by atoms with Gasteiger partial charge in [0.1, 0.15) is 11.0 Å². The Morgan fingerprint density at radius 2 is 2.19 bits per heavy atom. The number of carboxylic acids is 1. The van der Waals surface area contributed by atoms with Crippen molar-refractivity contribution < 1.29 is 14.8 Å². The molecule has 1 atom stereocenters. The number of rotatable bonds is 15. The third kappa shape index (κ3) is 16.4. The van der Waals surface area contributed by atoms with Crippen molar-refractivity contribution in [2.45, 2.75) is 37.6 Å². The van der Waals surface area contributed by atoms with Crippen LogP contribution in [0.15, 0.2) is 17.4 Å². The van der Waals surface area contributed by atoms with Crippen molar-refractivity contribution in [2.75, 3.05) is 40.0 Å². The fourth-order valence-corrected chi connectivity index (χ4v) is 3.89. The Kier molecular flexibility index (Phi) is 16.6. The minimum Gasteiger partial charge on any atom is -0.480 e. The van der Waals surface area contributed by atoms with Crippen LogP contribution in [-0.2, 0) is 17.1 Å². The largest absolute Gasteiger partial charge is 0.480 e. The van der Waals surface area contributed by atoms with E-state index in [1.165, 1.54) is 0 Å². The molecule has 0 spiro atoms. The molecule has 0 amide bonds. The van der Waals surface area contributed by atoms with E-state index in [2.05, 4.69) is 25.9 Å². The van der Waals surface area contributed by atoms with Crippen molar-refractivity contribution in [1.82, 2.24) is 20.5 Å². The van der Waals surface area contributed by atoms with Crippen LogP contribution in [0.3, 0.4) is 0 Å². The van der Waals surface area contributed by atoms with Crippen LogP contribution in [0.1, 0.15) is 30.0 Å². The zero-order valence-electron chi connectivity index (χ0n) is 18.4. The van der Waals surface area contributed by atoms with E-state index in [0.29, 0.717) is 25.3 Å². The molecule has 178 valence electrons. The molecule has 0 bridgehead atoms. The Balaban J connectivity index is 0.000000759. The normalized spacial score (nSPS) is 12.1. The summed E-state index contributed by atoms with van der Waals surface area (Å²) in [6.45, 7) is 2.14. The second kappa shape index (κ2) is 17.7. The minimum atomic E-state index is -0.933. The third-order valence-electron chi connectivity index (χ3n) is 3.65. The number of nitrogens with zero attached hydrogens (tertiary/aromatic N) is 3. The Morgan fingerprint density at radius 3 is 2.74 bits per heavy atom. The van der Waals surface area contributed by atoms with E-state index in [9.17, 15) is 14.9 Å². The molecule has 0 aliphatic rings. The molecule has 1 rings (SSSR count). The molecule has 0 saturated heterocycles. The summed E-state index contributed by atoms with van der Waals surface area (Å²) in [5.74, 6) is 1.20. The number of aromatic nitrogens is 1. The number of carbonyl (C=O) groups is 1. The van der Waals surface area contributed by atoms with Gasteiger partial charge < -0.3 is 32.1 Å². The van der Waals surface area contributed by atoms with Crippen molar-refractivity contribution >= 4 is 29.1 Å². The molecule has 1 heterocycles. The summed E-state index contributed by atoms with van der Waals surface area (Å²) in [4.78, 5) is 26.7. The number of nitrogens with one attached hydrogen (secondary N) is 2. The molecule has 0 saturated carbocycles. The fraction of sp³-hybridized carbons (Fsp3) is 0.667. The molecule has 0 fully saturated rings. The van der Waals surface area contributed by atoms with Crippen LogP contribution in [0.25, 0.3) is 0 Å². The molecule has 0 aromatic carbocycles. The molecule has 1 aromatic heterocycles. The lowest BCUT2D eigenvalue weighted by Gasteiger charge is -2.07. The summed E-state index contributed by atoms with van der Waals surface area (Å²) >= 11 is 3.43. The molecule has 11 nitrogen and oxygen atoms in total. The number of hydrogen-bond acceptors (Lipinski definition) is 11. The Morgan fingerprint density at radius 1 is 1.48 bits per heavy atom. The fourth-order valence-electron chi connectivity index (χ4n) is 2.13. The number of thiazole rings is 1. The van der Waals surface area contributed by atoms with Crippen LogP contribution in [0.2, 0.25) is 0 Å². The maximum atomic E-state index is 10.4. The van der Waals surface area contributed by atoms with E-state index in [0.717, 1.165) is 47.8 Å². The zero-order valence-corrected chi connectivity index (χ0v) is 20.0. The van der Waals surface area contributed by atoms with Crippen LogP contribution < -0.4 is 22.1 Å². The van der Waals surface area contributed by atoms with Crippen LogP contribution >= 0.6 is 23.1 Å². The van der Waals surface area contributed by atoms with E-state index in [-0.39, 0.29) is 0 Å². The van der Waals surface area contributed by atoms with Crippen LogP contribution in [0.5, 0.6) is 0 Å². The smallest absolute Gasteiger partial charge is 0.320 e. The number of hydrogen-bond donors (Lipinski definition) is 5. The van der Waals surface area contributed by atoms with Gasteiger partial charge >= 0.3 is 5.97 Å². The van der Waals surface area contributed by atoms with Gasteiger partial charge in [-0.1, -0.05) is 6.42 Å². The number of carboxylic acid groups (broad SMARTS) is 1. The Bertz CT molecular complexity index is 671. The number of unbranched alkanes of at least 4 members (excludes halogenated alkanes) is 1. The van der Waals surface area contributed by atoms with Crippen molar-refractivity contribution in [3.05, 3.63) is 38.2 Å². The van der Waals surface area contributed by atoms with Gasteiger partial charge in [0.05, 0.1) is 10.6 Å². The Hall–Kier alpha value is -1.93. The van der Waals surface area contributed by atoms with Gasteiger partial charge in [-0.3, -0.25) is 14.9 Å². The van der Waals surface area contributed by atoms with Gasteiger partial charge in [0, 0.05) is 37.0 Å². The van der Waals surface area contributed by atoms with E-state index in [1.54, 1.807) is 30.1 Å². The van der Waals surface area contributed by atoms with E-state index in [4.69, 9.17) is 16.6 Å². The maximum absolute atomic E-state index is 10.4. The molecule has 0 radical (unpaired) electrons. The minimum absolute atomic E-state index is 0.419. The summed E-state index contributed by atoms with van der Waals surface area (Å²) in [5.41, 5.74) is 11.5. The highest BCUT2D eigenvalue weighted by Crippen LogP contribution is 2.16. The summed E-state index contributed by atoms with van der Waals surface area (Å²) in [6.07, 6.45) is 3.09. The van der Waals surface area contributed by atoms with Crippen LogP contribution in [-0.4, -0.2) is 71.9 Å². The summed E-state index contributed by atoms with van der Waals surface area (Å²) in [7, 11) is 5.70. The monoisotopic (exact) mass is 477 g/mol. The third-order valence-corrected chi connectivity index (χ3v) is 5.53. The van der Waals surface area contributed by atoms with Gasteiger partial charge in [0.25, 0.3) is 6.20 Å². The van der Waals surface area contributed by atoms with Crippen molar-refractivity contribution in [1.29, 1.82) is 0 Å². The second-order valence-electron chi connectivity index (χ2n) is 6.76. The van der Waals surface area contributed by atoms with Crippen molar-refractivity contribution in [2.24, 2.45) is 11.5 Å². The van der Waals surface area contributed by atoms with Crippen LogP contribution in [0, 0.1) is 10.1 Å². The number of aliphatic carboxylic acids is 1. The molecule has 7 N–H and O–H groups in total. The molecule has 1 aromatic rings. The van der Waals surface area contributed by atoms with E-state index < -0.39 is 16.9 Å². The van der Waals surface area contributed by atoms with Gasteiger partial charge in [-0.2, -0.15) is 11.8 Å². The number of nitrogens with two attached hydrogens (primary N) is 2. The lowest BCUT2D eigenvalue weighted by Crippen LogP contribution is -2.29. The average molecular weight is 478 g/mol. The highest BCUT2D eigenvalue weighted by molar-refractivity contribution is 7.98. The van der Waals surface area contributed by atoms with E-state index >= 15 is 0 Å². The highest BCUT2D eigenvalue weighted by atomic mass is 32.2. The predicted molar refractivity (Wildman–Crippen MR) is 126 cm³/mol. The number of nitro groups is 1. The van der Waals surface area contributed by atoms with Crippen LogP contribution in [0.4, 0.5) is 0 Å². The van der Waals surface area contributed by atoms with E-state index in [1.807, 2.05) is 14.1 Å². The first kappa shape index (κ1) is 29.1. The molecule has 0 aliphatic carbocycles. The standard InChI is InChI=1S/C12H21N5O2S2.C6H14N2O2/c1-13-11(6-17(18)19)14-4-5-20-8-10-9-21-12(15-10)7-16(2)3;7-4-2-1-3-5(8)6(9)10/h6,9,13-14H,4-5,7-8H2,1-3H3;5H,1-4,7-8H2,(H,9,10)/b11-6+;. The topological polar surface area (TPSA) is 173 Å². The lowest BCUT2D eigenvalue weighted by molar-refractivity contribution is -0.404. The highest BCUT2D eigenvalue weighted by Gasteiger charge is 2.09. The first-order valence-electron chi connectivity index (χ1n) is 9.80. The summed E-state index contributed by atoms with van der Waals surface area (Å²) in [5, 5.41) is 27.6. The molecule has 13 heteroatoms. The van der Waals surface area contributed by atoms with Gasteiger partial charge in [0.15, 0.2) is 5.82 Å². The molecular formula is C18H35N7O4S2. The maximum Gasteiger partial charge on any atom is 0.320 e. The molecule has 31 heavy (non-hydrogen) atoms. The van der Waals surface area contributed by atoms with Gasteiger partial charge in [-0.05, 0) is 33.5 Å². The molecular weight excluding hydrogens is 442 g/mol. The van der Waals surface area contributed by atoms with Gasteiger partial charge in [-0.25, -0.2) is 4.98 Å². The summed E-state index contributed by atoms with van der Waals surface area (Å²) in [6, 6.07) is -0.716. The van der Waals surface area contributed by atoms with Gasteiger partial charge in [-0.15, -0.1) is 11.3 Å². The molecule has 0 aliphatic heterocycles. The van der Waals surface area contributed by atoms with Gasteiger partial charge in [0.2, 0.25) is 0 Å². The summed E-state index contributed by atoms with van der Waals surface area (Å²) < 4.78 is 0. The predicted octanol–water partition coefficient (Wildman–Crippen LogP) is 0.850. The zero-order chi connectivity index (χ0) is 23.6. The van der Waals surface area contributed by atoms with Crippen molar-refractivity contribution in [3.63, 3.8) is 0 Å². The Labute approximate surface area is 191 Å². The molecule has 1 unspecified atom stereocenters. The SMILES string of the molecule is CN/C(=C\[N+](=O)[O-])NCCSCc1csc(CN(C)C)n1.NCCCCC(N)C(=O)O. The quantitative estimate of drug-likeness (QED) is 0.138. The first-order chi connectivity index (χ1) is 14.7. The lowest BCUT2D eigenvalue weighted by atomic mass is 10.1.